The molecule has 4 rings (SSSR count). The number of aliphatic hydroxyl groups is 1. The van der Waals surface area contributed by atoms with Crippen LogP contribution in [0.15, 0.2) is 47.0 Å². The van der Waals surface area contributed by atoms with Gasteiger partial charge in [-0.3, -0.25) is 9.59 Å². The van der Waals surface area contributed by atoms with Crippen LogP contribution in [-0.4, -0.2) is 85.7 Å². The number of esters is 1. The number of methoxy groups -OCH3 is 1. The van der Waals surface area contributed by atoms with E-state index in [2.05, 4.69) is 10.2 Å². The zero-order valence-electron chi connectivity index (χ0n) is 18.6. The highest BCUT2D eigenvalue weighted by atomic mass is 35.5. The van der Waals surface area contributed by atoms with E-state index in [1.165, 1.54) is 23.3 Å². The average Bonchev–Trinajstić information content (AvgIpc) is 3.49. The molecular weight excluding hydrogens is 480 g/mol. The molecule has 9 nitrogen and oxygen atoms in total. The van der Waals surface area contributed by atoms with Gasteiger partial charge in [0.05, 0.1) is 41.4 Å². The van der Waals surface area contributed by atoms with E-state index < -0.39 is 5.97 Å². The van der Waals surface area contributed by atoms with Gasteiger partial charge in [-0.2, -0.15) is 0 Å². The van der Waals surface area contributed by atoms with E-state index in [1.54, 1.807) is 12.1 Å². The Hall–Kier alpha value is -3.08. The highest BCUT2D eigenvalue weighted by molar-refractivity contribution is 7.12. The molecule has 11 heteroatoms. The second-order valence-electron chi connectivity index (χ2n) is 7.84. The molecule has 0 unspecified atom stereocenters. The third kappa shape index (κ3) is 4.89. The minimum atomic E-state index is -0.603. The molecule has 2 N–H and O–H groups in total. The van der Waals surface area contributed by atoms with Gasteiger partial charge in [-0.1, -0.05) is 17.7 Å². The van der Waals surface area contributed by atoms with Crippen molar-refractivity contribution in [3.8, 4) is 0 Å². The number of ether oxygens (including phenoxy) is 1. The Kier molecular flexibility index (Phi) is 7.40. The molecule has 2 aromatic rings. The fraction of sp³-hybridized carbons (Fsp3) is 0.348. The summed E-state index contributed by atoms with van der Waals surface area (Å²) in [7, 11) is 1.26. The number of benzene rings is 1. The van der Waals surface area contributed by atoms with Gasteiger partial charge in [0.25, 0.3) is 11.8 Å². The van der Waals surface area contributed by atoms with E-state index in [4.69, 9.17) is 16.3 Å². The Morgan fingerprint density at radius 3 is 2.59 bits per heavy atom. The predicted molar refractivity (Wildman–Crippen MR) is 130 cm³/mol. The van der Waals surface area contributed by atoms with Crippen molar-refractivity contribution in [3.05, 3.63) is 56.9 Å². The minimum absolute atomic E-state index is 0.0476. The fourth-order valence-electron chi connectivity index (χ4n) is 4.04. The number of halogens is 1. The summed E-state index contributed by atoms with van der Waals surface area (Å²) in [5.74, 6) is -0.943. The predicted octanol–water partition coefficient (Wildman–Crippen LogP) is 2.04. The average molecular weight is 505 g/mol. The number of piperazine rings is 1. The molecule has 180 valence electrons. The van der Waals surface area contributed by atoms with E-state index in [0.29, 0.717) is 36.9 Å². The van der Waals surface area contributed by atoms with Crippen LogP contribution in [0.1, 0.15) is 9.67 Å². The van der Waals surface area contributed by atoms with Gasteiger partial charge in [0.2, 0.25) is 0 Å². The topological polar surface area (TPSA) is 102 Å². The Morgan fingerprint density at radius 2 is 1.97 bits per heavy atom. The zero-order valence-corrected chi connectivity index (χ0v) is 20.2. The molecule has 2 aliphatic rings. The van der Waals surface area contributed by atoms with Crippen molar-refractivity contribution in [2.75, 3.05) is 63.2 Å². The van der Waals surface area contributed by atoms with Gasteiger partial charge in [0.15, 0.2) is 0 Å². The molecular formula is C23H25ClN4O5S. The van der Waals surface area contributed by atoms with Crippen LogP contribution in [0.5, 0.6) is 0 Å². The van der Waals surface area contributed by atoms with Gasteiger partial charge in [-0.25, -0.2) is 4.79 Å². The highest BCUT2D eigenvalue weighted by Gasteiger charge is 2.34. The first-order valence-electron chi connectivity index (χ1n) is 10.8. The quantitative estimate of drug-likeness (QED) is 0.556. The lowest BCUT2D eigenvalue weighted by Gasteiger charge is -2.36. The number of hydrogen-bond donors (Lipinski definition) is 2. The van der Waals surface area contributed by atoms with E-state index >= 15 is 0 Å². The summed E-state index contributed by atoms with van der Waals surface area (Å²) in [5.41, 5.74) is 1.70. The van der Waals surface area contributed by atoms with Crippen molar-refractivity contribution in [2.45, 2.75) is 0 Å². The summed E-state index contributed by atoms with van der Waals surface area (Å²) in [6.45, 7) is 2.46. The van der Waals surface area contributed by atoms with Crippen LogP contribution in [0.4, 0.5) is 11.4 Å². The lowest BCUT2D eigenvalue weighted by Crippen LogP contribution is -2.48. The minimum Gasteiger partial charge on any atom is -0.466 e. The number of carbonyl (C=O) groups excluding carboxylic acids is 3. The standard InChI is InChI=1S/C23H25ClN4O5S/c1-33-23(32)16-14-28(10-11-29)22(31)20(16)25-15-4-5-18(17(24)13-15)26-6-8-27(9-7-26)21(30)19-3-2-12-34-19/h2-5,12-13,25,29H,6-11,14H2,1H3. The van der Waals surface area contributed by atoms with Gasteiger partial charge >= 0.3 is 5.97 Å². The molecule has 34 heavy (non-hydrogen) atoms. The first kappa shape index (κ1) is 24.1. The maximum Gasteiger partial charge on any atom is 0.337 e. The normalized spacial score (nSPS) is 16.3. The number of thiophene rings is 1. The van der Waals surface area contributed by atoms with E-state index in [-0.39, 0.29) is 42.8 Å². The number of β-amino-alcohol motifs (C(OH)–C–C–N with tert-alkyl or cyclic N) is 1. The van der Waals surface area contributed by atoms with E-state index in [1.807, 2.05) is 28.5 Å². The maximum atomic E-state index is 12.7. The first-order valence-corrected chi connectivity index (χ1v) is 12.0. The summed E-state index contributed by atoms with van der Waals surface area (Å²) in [6, 6.07) is 9.04. The number of rotatable bonds is 7. The molecule has 0 aliphatic carbocycles. The molecule has 0 saturated carbocycles. The van der Waals surface area contributed by atoms with Gasteiger partial charge in [-0.05, 0) is 29.6 Å². The molecule has 2 amide bonds. The molecule has 2 aliphatic heterocycles. The van der Waals surface area contributed by atoms with Gasteiger partial charge in [-0.15, -0.1) is 11.3 Å². The number of hydrogen-bond acceptors (Lipinski definition) is 8. The number of nitrogens with one attached hydrogen (secondary N) is 1. The lowest BCUT2D eigenvalue weighted by atomic mass is 10.2. The van der Waals surface area contributed by atoms with Crippen molar-refractivity contribution >= 4 is 52.1 Å². The van der Waals surface area contributed by atoms with Crippen LogP contribution in [0.25, 0.3) is 0 Å². The third-order valence-corrected chi connectivity index (χ3v) is 6.97. The van der Waals surface area contributed by atoms with Crippen molar-refractivity contribution in [3.63, 3.8) is 0 Å². The first-order chi connectivity index (χ1) is 16.4. The monoisotopic (exact) mass is 504 g/mol. The van der Waals surface area contributed by atoms with Crippen LogP contribution in [0.2, 0.25) is 5.02 Å². The molecule has 0 atom stereocenters. The van der Waals surface area contributed by atoms with Crippen molar-refractivity contribution in [1.29, 1.82) is 0 Å². The second kappa shape index (κ2) is 10.5. The second-order valence-corrected chi connectivity index (χ2v) is 9.20. The number of amides is 2. The summed E-state index contributed by atoms with van der Waals surface area (Å²) in [6.07, 6.45) is 0. The van der Waals surface area contributed by atoms with Crippen LogP contribution in [-0.2, 0) is 14.3 Å². The van der Waals surface area contributed by atoms with Crippen molar-refractivity contribution < 1.29 is 24.2 Å². The Bertz CT molecular complexity index is 1110. The molecule has 1 saturated heterocycles. The molecule has 1 fully saturated rings. The number of nitrogens with zero attached hydrogens (tertiary/aromatic N) is 3. The lowest BCUT2D eigenvalue weighted by molar-refractivity contribution is -0.136. The number of carbonyl (C=O) groups is 3. The van der Waals surface area contributed by atoms with Gasteiger partial charge < -0.3 is 29.9 Å². The molecule has 1 aromatic carbocycles. The SMILES string of the molecule is COC(=O)C1=C(Nc2ccc(N3CCN(C(=O)c4cccs4)CC3)c(Cl)c2)C(=O)N(CCO)C1. The maximum absolute atomic E-state index is 12.7. The van der Waals surface area contributed by atoms with Crippen molar-refractivity contribution in [2.24, 2.45) is 0 Å². The zero-order chi connectivity index (χ0) is 24.2. The van der Waals surface area contributed by atoms with Gasteiger partial charge in [0.1, 0.15) is 5.70 Å². The fourth-order valence-corrected chi connectivity index (χ4v) is 5.03. The van der Waals surface area contributed by atoms with Gasteiger partial charge in [0, 0.05) is 38.4 Å². The smallest absolute Gasteiger partial charge is 0.337 e. The molecule has 0 spiro atoms. The van der Waals surface area contributed by atoms with E-state index in [9.17, 15) is 19.5 Å². The number of anilines is 2. The van der Waals surface area contributed by atoms with Crippen LogP contribution in [0, 0.1) is 0 Å². The summed E-state index contributed by atoms with van der Waals surface area (Å²) < 4.78 is 4.81. The molecule has 3 heterocycles. The van der Waals surface area contributed by atoms with E-state index in [0.717, 1.165) is 10.6 Å². The van der Waals surface area contributed by atoms with Crippen LogP contribution in [0.3, 0.4) is 0 Å². The summed E-state index contributed by atoms with van der Waals surface area (Å²) >= 11 is 8.01. The Balaban J connectivity index is 1.45. The van der Waals surface area contributed by atoms with Crippen LogP contribution < -0.4 is 10.2 Å². The molecule has 1 aromatic heterocycles. The Morgan fingerprint density at radius 1 is 1.21 bits per heavy atom. The molecule has 0 radical (unpaired) electrons. The van der Waals surface area contributed by atoms with Crippen LogP contribution >= 0.6 is 22.9 Å². The highest BCUT2D eigenvalue weighted by Crippen LogP contribution is 2.31. The summed E-state index contributed by atoms with van der Waals surface area (Å²) in [5, 5.41) is 14.6. The Labute approximate surface area is 206 Å². The third-order valence-electron chi connectivity index (χ3n) is 5.81. The summed E-state index contributed by atoms with van der Waals surface area (Å²) in [4.78, 5) is 43.5. The molecule has 0 bridgehead atoms. The number of aliphatic hydroxyl groups excluding tert-OH is 1. The van der Waals surface area contributed by atoms with Crippen molar-refractivity contribution in [1.82, 2.24) is 9.80 Å². The largest absolute Gasteiger partial charge is 0.466 e.